The van der Waals surface area contributed by atoms with Gasteiger partial charge in [-0.25, -0.2) is 4.98 Å². The highest BCUT2D eigenvalue weighted by Crippen LogP contribution is 2.17. The summed E-state index contributed by atoms with van der Waals surface area (Å²) in [6.45, 7) is 1.47. The van der Waals surface area contributed by atoms with Gasteiger partial charge in [-0.05, 0) is 36.4 Å². The van der Waals surface area contributed by atoms with Gasteiger partial charge >= 0.3 is 0 Å². The average Bonchev–Trinajstić information content (AvgIpc) is 2.72. The molecule has 0 radical (unpaired) electrons. The van der Waals surface area contributed by atoms with Gasteiger partial charge in [0, 0.05) is 24.0 Å². The van der Waals surface area contributed by atoms with E-state index in [4.69, 9.17) is 4.74 Å². The molecule has 1 saturated heterocycles. The van der Waals surface area contributed by atoms with E-state index in [0.29, 0.717) is 31.0 Å². The van der Waals surface area contributed by atoms with E-state index in [2.05, 4.69) is 10.3 Å². The molecule has 2 amide bonds. The van der Waals surface area contributed by atoms with E-state index >= 15 is 0 Å². The molecule has 3 aromatic rings. The number of para-hydroxylation sites is 1. The monoisotopic (exact) mass is 361 g/mol. The zero-order chi connectivity index (χ0) is 18.6. The Morgan fingerprint density at radius 1 is 1.07 bits per heavy atom. The van der Waals surface area contributed by atoms with Gasteiger partial charge in [-0.1, -0.05) is 24.3 Å². The summed E-state index contributed by atoms with van der Waals surface area (Å²) >= 11 is 0. The van der Waals surface area contributed by atoms with Gasteiger partial charge in [0.1, 0.15) is 12.4 Å². The van der Waals surface area contributed by atoms with Crippen LogP contribution in [0.2, 0.25) is 0 Å². The van der Waals surface area contributed by atoms with Gasteiger partial charge in [-0.3, -0.25) is 9.59 Å². The summed E-state index contributed by atoms with van der Waals surface area (Å²) in [6, 6.07) is 18.9. The van der Waals surface area contributed by atoms with Gasteiger partial charge in [0.05, 0.1) is 17.8 Å². The number of nitrogens with one attached hydrogen (secondary N) is 1. The summed E-state index contributed by atoms with van der Waals surface area (Å²) in [4.78, 5) is 30.0. The second kappa shape index (κ2) is 7.45. The van der Waals surface area contributed by atoms with Gasteiger partial charge in [-0.2, -0.15) is 0 Å². The summed E-state index contributed by atoms with van der Waals surface area (Å²) in [5.74, 6) is 0.392. The number of carbonyl (C=O) groups is 2. The number of aromatic nitrogens is 1. The highest BCUT2D eigenvalue weighted by Gasteiger charge is 2.22. The van der Waals surface area contributed by atoms with Crippen molar-refractivity contribution in [2.24, 2.45) is 0 Å². The summed E-state index contributed by atoms with van der Waals surface area (Å²) in [6.07, 6.45) is 0. The number of rotatable bonds is 4. The Hall–Kier alpha value is -3.41. The number of pyridine rings is 1. The zero-order valence-electron chi connectivity index (χ0n) is 14.7. The molecule has 0 atom stereocenters. The SMILES string of the molecule is O=C1CN(C(=O)c2ccc(OCc3ccc4ccccc4n3)cc2)CCN1. The lowest BCUT2D eigenvalue weighted by atomic mass is 10.1. The lowest BCUT2D eigenvalue weighted by Gasteiger charge is -2.26. The quantitative estimate of drug-likeness (QED) is 0.775. The molecule has 1 aliphatic rings. The highest BCUT2D eigenvalue weighted by atomic mass is 16.5. The summed E-state index contributed by atoms with van der Waals surface area (Å²) in [5.41, 5.74) is 2.32. The Bertz CT molecular complexity index is 985. The largest absolute Gasteiger partial charge is 0.487 e. The fraction of sp³-hybridized carbons (Fsp3) is 0.190. The molecule has 0 bridgehead atoms. The molecule has 1 fully saturated rings. The van der Waals surface area contributed by atoms with E-state index in [9.17, 15) is 9.59 Å². The highest BCUT2D eigenvalue weighted by molar-refractivity contribution is 5.97. The van der Waals surface area contributed by atoms with Crippen molar-refractivity contribution in [3.63, 3.8) is 0 Å². The zero-order valence-corrected chi connectivity index (χ0v) is 14.7. The van der Waals surface area contributed by atoms with Crippen molar-refractivity contribution < 1.29 is 14.3 Å². The van der Waals surface area contributed by atoms with Gasteiger partial charge in [0.2, 0.25) is 5.91 Å². The second-order valence-corrected chi connectivity index (χ2v) is 6.39. The Labute approximate surface area is 156 Å². The molecule has 1 aromatic heterocycles. The van der Waals surface area contributed by atoms with Crippen LogP contribution in [0, 0.1) is 0 Å². The summed E-state index contributed by atoms with van der Waals surface area (Å²) in [7, 11) is 0. The molecule has 1 N–H and O–H groups in total. The average molecular weight is 361 g/mol. The van der Waals surface area contributed by atoms with Crippen LogP contribution in [0.25, 0.3) is 10.9 Å². The Kier molecular flexibility index (Phi) is 4.70. The second-order valence-electron chi connectivity index (χ2n) is 6.39. The molecule has 2 heterocycles. The molecule has 0 aliphatic carbocycles. The standard InChI is InChI=1S/C21H19N3O3/c25-20-13-24(12-11-22-20)21(26)16-6-9-18(10-7-16)27-14-17-8-5-15-3-1-2-4-19(15)23-17/h1-10H,11-14H2,(H,22,25). The van der Waals surface area contributed by atoms with Gasteiger partial charge in [0.15, 0.2) is 0 Å². The van der Waals surface area contributed by atoms with Crippen LogP contribution >= 0.6 is 0 Å². The molecule has 0 saturated carbocycles. The van der Waals surface area contributed by atoms with Crippen LogP contribution in [0.3, 0.4) is 0 Å². The summed E-state index contributed by atoms with van der Waals surface area (Å²) in [5, 5.41) is 3.81. The molecule has 0 unspecified atom stereocenters. The molecule has 6 heteroatoms. The van der Waals surface area contributed by atoms with Gasteiger partial charge in [0.25, 0.3) is 5.91 Å². The minimum absolute atomic E-state index is 0.102. The van der Waals surface area contributed by atoms with Crippen LogP contribution < -0.4 is 10.1 Å². The first kappa shape index (κ1) is 17.0. The van der Waals surface area contributed by atoms with E-state index in [0.717, 1.165) is 16.6 Å². The lowest BCUT2D eigenvalue weighted by Crippen LogP contribution is -2.49. The van der Waals surface area contributed by atoms with Crippen LogP contribution in [-0.4, -0.2) is 41.3 Å². The number of piperazine rings is 1. The number of hydrogen-bond acceptors (Lipinski definition) is 4. The smallest absolute Gasteiger partial charge is 0.254 e. The van der Waals surface area contributed by atoms with Crippen molar-refractivity contribution in [3.05, 3.63) is 71.9 Å². The van der Waals surface area contributed by atoms with Crippen molar-refractivity contribution in [1.29, 1.82) is 0 Å². The Morgan fingerprint density at radius 2 is 1.89 bits per heavy atom. The molecular formula is C21H19N3O3. The maximum Gasteiger partial charge on any atom is 0.254 e. The van der Waals surface area contributed by atoms with Crippen molar-refractivity contribution in [3.8, 4) is 5.75 Å². The topological polar surface area (TPSA) is 71.5 Å². The first-order chi connectivity index (χ1) is 13.2. The molecule has 2 aromatic carbocycles. The predicted molar refractivity (Wildman–Crippen MR) is 101 cm³/mol. The first-order valence-corrected chi connectivity index (χ1v) is 8.82. The maximum atomic E-state index is 12.5. The number of fused-ring (bicyclic) bond motifs is 1. The molecule has 27 heavy (non-hydrogen) atoms. The third-order valence-corrected chi connectivity index (χ3v) is 4.47. The molecule has 6 nitrogen and oxygen atoms in total. The predicted octanol–water partition coefficient (Wildman–Crippen LogP) is 2.39. The Morgan fingerprint density at radius 3 is 2.70 bits per heavy atom. The van der Waals surface area contributed by atoms with Crippen LogP contribution in [0.5, 0.6) is 5.75 Å². The maximum absolute atomic E-state index is 12.5. The van der Waals surface area contributed by atoms with Crippen LogP contribution in [-0.2, 0) is 11.4 Å². The van der Waals surface area contributed by atoms with E-state index in [-0.39, 0.29) is 18.4 Å². The molecule has 1 aliphatic heterocycles. The number of hydrogen-bond donors (Lipinski definition) is 1. The van der Waals surface area contributed by atoms with Gasteiger partial charge in [-0.15, -0.1) is 0 Å². The molecule has 136 valence electrons. The van der Waals surface area contributed by atoms with Crippen molar-refractivity contribution in [2.45, 2.75) is 6.61 Å². The third kappa shape index (κ3) is 3.89. The Balaban J connectivity index is 1.39. The van der Waals surface area contributed by atoms with Crippen LogP contribution in [0.15, 0.2) is 60.7 Å². The van der Waals surface area contributed by atoms with E-state index in [1.165, 1.54) is 0 Å². The lowest BCUT2D eigenvalue weighted by molar-refractivity contribution is -0.123. The van der Waals surface area contributed by atoms with Gasteiger partial charge < -0.3 is 15.0 Å². The minimum Gasteiger partial charge on any atom is -0.487 e. The number of amides is 2. The number of nitrogens with zero attached hydrogens (tertiary/aromatic N) is 2. The number of benzene rings is 2. The van der Waals surface area contributed by atoms with Crippen molar-refractivity contribution in [1.82, 2.24) is 15.2 Å². The van der Waals surface area contributed by atoms with Crippen LogP contribution in [0.4, 0.5) is 0 Å². The minimum atomic E-state index is -0.146. The van der Waals surface area contributed by atoms with Crippen molar-refractivity contribution >= 4 is 22.7 Å². The third-order valence-electron chi connectivity index (χ3n) is 4.47. The fourth-order valence-corrected chi connectivity index (χ4v) is 3.03. The van der Waals surface area contributed by atoms with Crippen LogP contribution in [0.1, 0.15) is 16.1 Å². The molecule has 4 rings (SSSR count). The normalized spacial score (nSPS) is 14.1. The number of carbonyl (C=O) groups excluding carboxylic acids is 2. The van der Waals surface area contributed by atoms with E-state index in [1.807, 2.05) is 36.4 Å². The van der Waals surface area contributed by atoms with E-state index < -0.39 is 0 Å². The van der Waals surface area contributed by atoms with Crippen molar-refractivity contribution in [2.75, 3.05) is 19.6 Å². The molecule has 0 spiro atoms. The fourth-order valence-electron chi connectivity index (χ4n) is 3.03. The van der Waals surface area contributed by atoms with E-state index in [1.54, 1.807) is 29.2 Å². The summed E-state index contributed by atoms with van der Waals surface area (Å²) < 4.78 is 5.79. The first-order valence-electron chi connectivity index (χ1n) is 8.82. The number of ether oxygens (including phenoxy) is 1. The molecular weight excluding hydrogens is 342 g/mol.